The first-order valence-corrected chi connectivity index (χ1v) is 11.9. The minimum atomic E-state index is -0.465. The molecule has 0 spiro atoms. The summed E-state index contributed by atoms with van der Waals surface area (Å²) in [7, 11) is 3.32. The van der Waals surface area contributed by atoms with Gasteiger partial charge in [-0.1, -0.05) is 30.0 Å². The zero-order chi connectivity index (χ0) is 24.4. The quantitative estimate of drug-likeness (QED) is 0.394. The molecule has 1 amide bonds. The Kier molecular flexibility index (Phi) is 6.92. The van der Waals surface area contributed by atoms with Crippen LogP contribution < -0.4 is 20.3 Å². The van der Waals surface area contributed by atoms with Gasteiger partial charge in [-0.25, -0.2) is 4.39 Å². The molecule has 1 atom stereocenters. The average Bonchev–Trinajstić information content (AvgIpc) is 2.80. The number of rotatable bonds is 7. The van der Waals surface area contributed by atoms with Crippen LogP contribution in [0.25, 0.3) is 0 Å². The number of carbonyl (C=O) groups excluding carboxylic acids is 1. The molecule has 3 aromatic rings. The maximum atomic E-state index is 13.2. The smallest absolute Gasteiger partial charge is 0.279 e. The number of anilines is 1. The van der Waals surface area contributed by atoms with Gasteiger partial charge < -0.3 is 19.4 Å². The van der Waals surface area contributed by atoms with Crippen molar-refractivity contribution in [3.63, 3.8) is 0 Å². The van der Waals surface area contributed by atoms with Crippen LogP contribution >= 0.6 is 11.8 Å². The normalized spacial score (nSPS) is 15.1. The van der Waals surface area contributed by atoms with Gasteiger partial charge in [0.1, 0.15) is 11.6 Å². The Labute approximate surface area is 201 Å². The standard InChI is InChI=1S/C25H26FN3O4S/c1-14(2)33-19-10-7-16(11-20(19)32-4)18-12-21(30)27-23-22(18)24(31)28-25(29(23)3)34-13-15-5-8-17(26)9-6-15/h5-11,14,18H,12-13H2,1-4H3,(H,27,30)/t18-/m0/s1. The lowest BCUT2D eigenvalue weighted by Gasteiger charge is -2.28. The molecule has 2 heterocycles. The van der Waals surface area contributed by atoms with Crippen molar-refractivity contribution >= 4 is 23.5 Å². The van der Waals surface area contributed by atoms with Crippen LogP contribution in [0.15, 0.2) is 52.4 Å². The number of nitrogens with one attached hydrogen (secondary N) is 1. The predicted molar refractivity (Wildman–Crippen MR) is 129 cm³/mol. The molecule has 2 aromatic carbocycles. The molecule has 0 unspecified atom stereocenters. The fourth-order valence-corrected chi connectivity index (χ4v) is 4.85. The highest BCUT2D eigenvalue weighted by Crippen LogP contribution is 2.39. The number of nitrogens with zero attached hydrogens (tertiary/aromatic N) is 2. The number of fused-ring (bicyclic) bond motifs is 1. The number of methoxy groups -OCH3 is 1. The molecule has 1 aliphatic rings. The van der Waals surface area contributed by atoms with E-state index in [4.69, 9.17) is 9.47 Å². The summed E-state index contributed by atoms with van der Waals surface area (Å²) in [5, 5.41) is 3.31. The second kappa shape index (κ2) is 9.89. The molecule has 1 aliphatic heterocycles. The summed E-state index contributed by atoms with van der Waals surface area (Å²) in [5.74, 6) is 1.12. The molecule has 1 aromatic heterocycles. The Morgan fingerprint density at radius 3 is 2.59 bits per heavy atom. The van der Waals surface area contributed by atoms with Crippen LogP contribution in [-0.2, 0) is 17.6 Å². The van der Waals surface area contributed by atoms with E-state index in [1.54, 1.807) is 43.0 Å². The molecule has 0 bridgehead atoms. The Morgan fingerprint density at radius 1 is 1.18 bits per heavy atom. The van der Waals surface area contributed by atoms with Gasteiger partial charge in [0.15, 0.2) is 16.7 Å². The Morgan fingerprint density at radius 2 is 1.91 bits per heavy atom. The van der Waals surface area contributed by atoms with E-state index in [2.05, 4.69) is 10.3 Å². The fraction of sp³-hybridized carbons (Fsp3) is 0.320. The molecule has 0 aliphatic carbocycles. The van der Waals surface area contributed by atoms with E-state index < -0.39 is 5.92 Å². The summed E-state index contributed by atoms with van der Waals surface area (Å²) in [5.41, 5.74) is 1.72. The van der Waals surface area contributed by atoms with Crippen LogP contribution in [0.4, 0.5) is 10.2 Å². The maximum absolute atomic E-state index is 13.2. The summed E-state index contributed by atoms with van der Waals surface area (Å²) in [6.07, 6.45) is 0.0998. The van der Waals surface area contributed by atoms with Gasteiger partial charge in [0.05, 0.1) is 18.8 Å². The summed E-state index contributed by atoms with van der Waals surface area (Å²) < 4.78 is 26.2. The van der Waals surface area contributed by atoms with Crippen LogP contribution in [0.2, 0.25) is 0 Å². The van der Waals surface area contributed by atoms with E-state index in [9.17, 15) is 14.0 Å². The SMILES string of the molecule is COc1cc([C@@H]2CC(=O)Nc3c2c(=O)nc(SCc2ccc(F)cc2)n3C)ccc1OC(C)C. The van der Waals surface area contributed by atoms with Crippen LogP contribution in [-0.4, -0.2) is 28.7 Å². The first kappa shape index (κ1) is 23.8. The van der Waals surface area contributed by atoms with Gasteiger partial charge in [-0.2, -0.15) is 4.98 Å². The number of benzene rings is 2. The summed E-state index contributed by atoms with van der Waals surface area (Å²) in [4.78, 5) is 30.1. The van der Waals surface area contributed by atoms with Crippen molar-refractivity contribution in [3.05, 3.63) is 75.3 Å². The molecule has 9 heteroatoms. The number of thioether (sulfide) groups is 1. The van der Waals surface area contributed by atoms with E-state index >= 15 is 0 Å². The molecular weight excluding hydrogens is 457 g/mol. The van der Waals surface area contributed by atoms with Crippen molar-refractivity contribution in [1.29, 1.82) is 0 Å². The van der Waals surface area contributed by atoms with Crippen LogP contribution in [0.3, 0.4) is 0 Å². The van der Waals surface area contributed by atoms with Gasteiger partial charge in [-0.05, 0) is 49.2 Å². The number of hydrogen-bond donors (Lipinski definition) is 1. The largest absolute Gasteiger partial charge is 0.493 e. The molecular formula is C25H26FN3O4S. The first-order valence-electron chi connectivity index (χ1n) is 10.9. The van der Waals surface area contributed by atoms with Gasteiger partial charge in [0.25, 0.3) is 5.56 Å². The second-order valence-corrected chi connectivity index (χ2v) is 9.26. The number of aromatic nitrogens is 2. The molecule has 0 saturated carbocycles. The van der Waals surface area contributed by atoms with Gasteiger partial charge in [-0.3, -0.25) is 9.59 Å². The summed E-state index contributed by atoms with van der Waals surface area (Å²) >= 11 is 1.35. The van der Waals surface area contributed by atoms with Crippen molar-refractivity contribution in [1.82, 2.24) is 9.55 Å². The van der Waals surface area contributed by atoms with Crippen LogP contribution in [0, 0.1) is 5.82 Å². The van der Waals surface area contributed by atoms with Crippen molar-refractivity contribution in [2.45, 2.75) is 43.2 Å². The van der Waals surface area contributed by atoms with Crippen molar-refractivity contribution in [3.8, 4) is 11.5 Å². The minimum Gasteiger partial charge on any atom is -0.493 e. The van der Waals surface area contributed by atoms with E-state index in [1.165, 1.54) is 23.9 Å². The minimum absolute atomic E-state index is 0.0248. The predicted octanol–water partition coefficient (Wildman–Crippen LogP) is 4.48. The lowest BCUT2D eigenvalue weighted by Crippen LogP contribution is -2.33. The maximum Gasteiger partial charge on any atom is 0.279 e. The average molecular weight is 484 g/mol. The third kappa shape index (κ3) is 4.94. The highest BCUT2D eigenvalue weighted by molar-refractivity contribution is 7.98. The number of hydrogen-bond acceptors (Lipinski definition) is 6. The van der Waals surface area contributed by atoms with Gasteiger partial charge in [0.2, 0.25) is 5.91 Å². The van der Waals surface area contributed by atoms with E-state index in [-0.39, 0.29) is 29.8 Å². The van der Waals surface area contributed by atoms with E-state index in [0.717, 1.165) is 11.1 Å². The highest BCUT2D eigenvalue weighted by Gasteiger charge is 2.32. The molecule has 4 rings (SSSR count). The second-order valence-electron chi connectivity index (χ2n) is 8.32. The molecule has 178 valence electrons. The Bertz CT molecular complexity index is 1270. The molecule has 0 fully saturated rings. The fourth-order valence-electron chi connectivity index (χ4n) is 3.93. The number of amides is 1. The van der Waals surface area contributed by atoms with E-state index in [0.29, 0.717) is 33.8 Å². The topological polar surface area (TPSA) is 82.5 Å². The van der Waals surface area contributed by atoms with Crippen LogP contribution in [0.1, 0.15) is 42.9 Å². The Hall–Kier alpha value is -3.33. The number of ether oxygens (including phenoxy) is 2. The lowest BCUT2D eigenvalue weighted by molar-refractivity contribution is -0.116. The molecule has 7 nitrogen and oxygen atoms in total. The third-order valence-electron chi connectivity index (χ3n) is 5.53. The summed E-state index contributed by atoms with van der Waals surface area (Å²) in [6, 6.07) is 11.6. The lowest BCUT2D eigenvalue weighted by atomic mass is 9.86. The van der Waals surface area contributed by atoms with Gasteiger partial charge in [-0.15, -0.1) is 0 Å². The summed E-state index contributed by atoms with van der Waals surface area (Å²) in [6.45, 7) is 3.85. The molecule has 1 N–H and O–H groups in total. The monoisotopic (exact) mass is 483 g/mol. The Balaban J connectivity index is 1.69. The van der Waals surface area contributed by atoms with Crippen LogP contribution in [0.5, 0.6) is 11.5 Å². The van der Waals surface area contributed by atoms with E-state index in [1.807, 2.05) is 19.9 Å². The number of carbonyl (C=O) groups is 1. The highest BCUT2D eigenvalue weighted by atomic mass is 32.2. The zero-order valence-electron chi connectivity index (χ0n) is 19.4. The molecule has 0 radical (unpaired) electrons. The molecule has 34 heavy (non-hydrogen) atoms. The molecule has 0 saturated heterocycles. The van der Waals surface area contributed by atoms with Gasteiger partial charge >= 0.3 is 0 Å². The van der Waals surface area contributed by atoms with Crippen molar-refractivity contribution in [2.75, 3.05) is 12.4 Å². The number of halogens is 1. The third-order valence-corrected chi connectivity index (χ3v) is 6.64. The first-order chi connectivity index (χ1) is 16.3. The van der Waals surface area contributed by atoms with Gasteiger partial charge in [0, 0.05) is 25.1 Å². The van der Waals surface area contributed by atoms with Crippen molar-refractivity contribution in [2.24, 2.45) is 7.05 Å². The zero-order valence-corrected chi connectivity index (χ0v) is 20.2. The van der Waals surface area contributed by atoms with Crippen molar-refractivity contribution < 1.29 is 18.7 Å².